The van der Waals surface area contributed by atoms with E-state index in [0.717, 1.165) is 24.0 Å². The summed E-state index contributed by atoms with van der Waals surface area (Å²) in [7, 11) is 0. The van der Waals surface area contributed by atoms with Gasteiger partial charge in [-0.1, -0.05) is 31.9 Å². The third-order valence-corrected chi connectivity index (χ3v) is 7.95. The normalized spacial score (nSPS) is 16.0. The Morgan fingerprint density at radius 2 is 2.14 bits per heavy atom. The summed E-state index contributed by atoms with van der Waals surface area (Å²) in [5.74, 6) is 0.872. The monoisotopic (exact) mass is 514 g/mol. The van der Waals surface area contributed by atoms with Gasteiger partial charge in [-0.05, 0) is 72.2 Å². The number of benzene rings is 1. The van der Waals surface area contributed by atoms with Gasteiger partial charge in [0.1, 0.15) is 18.9 Å². The average Bonchev–Trinajstić information content (AvgIpc) is 3.56. The molecule has 0 aliphatic carbocycles. The van der Waals surface area contributed by atoms with Gasteiger partial charge < -0.3 is 19.0 Å². The summed E-state index contributed by atoms with van der Waals surface area (Å²) < 4.78 is 11.5. The molecule has 186 valence electrons. The van der Waals surface area contributed by atoms with Gasteiger partial charge in [0.2, 0.25) is 5.91 Å². The van der Waals surface area contributed by atoms with Gasteiger partial charge in [0.05, 0.1) is 12.3 Å². The van der Waals surface area contributed by atoms with Crippen LogP contribution in [0.3, 0.4) is 0 Å². The van der Waals surface area contributed by atoms with E-state index in [1.54, 1.807) is 28.4 Å². The predicted octanol–water partition coefficient (Wildman–Crippen LogP) is 6.00. The van der Waals surface area contributed by atoms with E-state index in [2.05, 4.69) is 25.3 Å². The van der Waals surface area contributed by atoms with Crippen molar-refractivity contribution < 1.29 is 18.7 Å². The second-order valence-corrected chi connectivity index (χ2v) is 10.5. The van der Waals surface area contributed by atoms with Crippen molar-refractivity contribution >= 4 is 34.8 Å². The summed E-state index contributed by atoms with van der Waals surface area (Å²) in [6.07, 6.45) is 3.19. The van der Waals surface area contributed by atoms with Crippen LogP contribution in [0.1, 0.15) is 52.9 Å². The fourth-order valence-electron chi connectivity index (χ4n) is 4.29. The number of ether oxygens (including phenoxy) is 1. The van der Waals surface area contributed by atoms with E-state index in [1.807, 2.05) is 30.0 Å². The molecule has 0 unspecified atom stereocenters. The molecule has 1 aliphatic rings. The standard InChI is InChI=1S/C27H31ClN2O4S/c1-4-18(2)15-29(27(32)24-6-5-12-33-24)16-26(31)30-11-9-25-21(10-13-35-25)23(30)17-34-20-7-8-22(28)19(3)14-20/h5-8,10,12-14,18,23H,4,9,11,15-17H2,1-3H3/t18-,23-/m0/s1. The van der Waals surface area contributed by atoms with Crippen LogP contribution >= 0.6 is 22.9 Å². The maximum atomic E-state index is 13.6. The quantitative estimate of drug-likeness (QED) is 0.351. The van der Waals surface area contributed by atoms with Crippen molar-refractivity contribution in [1.82, 2.24) is 9.80 Å². The number of hydrogen-bond donors (Lipinski definition) is 0. The zero-order valence-electron chi connectivity index (χ0n) is 20.3. The molecule has 1 aliphatic heterocycles. The third-order valence-electron chi connectivity index (χ3n) is 6.53. The number of fused-ring (bicyclic) bond motifs is 1. The number of hydrogen-bond acceptors (Lipinski definition) is 5. The van der Waals surface area contributed by atoms with Crippen LogP contribution in [0.15, 0.2) is 52.5 Å². The minimum Gasteiger partial charge on any atom is -0.491 e. The number of amides is 2. The highest BCUT2D eigenvalue weighted by atomic mass is 35.5. The van der Waals surface area contributed by atoms with Crippen molar-refractivity contribution in [2.24, 2.45) is 5.92 Å². The first-order chi connectivity index (χ1) is 16.9. The van der Waals surface area contributed by atoms with Crippen LogP contribution < -0.4 is 4.74 Å². The molecule has 2 atom stereocenters. The van der Waals surface area contributed by atoms with Crippen molar-refractivity contribution in [3.05, 3.63) is 74.8 Å². The number of carbonyl (C=O) groups is 2. The molecule has 0 saturated heterocycles. The highest BCUT2D eigenvalue weighted by Crippen LogP contribution is 2.34. The Morgan fingerprint density at radius 3 is 2.86 bits per heavy atom. The summed E-state index contributed by atoms with van der Waals surface area (Å²) >= 11 is 7.87. The van der Waals surface area contributed by atoms with E-state index in [-0.39, 0.29) is 36.1 Å². The van der Waals surface area contributed by atoms with Crippen LogP contribution in [0.25, 0.3) is 0 Å². The summed E-state index contributed by atoms with van der Waals surface area (Å²) in [5, 5.41) is 2.75. The Labute approximate surface area is 215 Å². The lowest BCUT2D eigenvalue weighted by molar-refractivity contribution is -0.135. The number of nitrogens with zero attached hydrogens (tertiary/aromatic N) is 2. The molecule has 0 radical (unpaired) electrons. The van der Waals surface area contributed by atoms with Gasteiger partial charge in [-0.15, -0.1) is 11.3 Å². The number of carbonyl (C=O) groups excluding carboxylic acids is 2. The molecule has 35 heavy (non-hydrogen) atoms. The van der Waals surface area contributed by atoms with Gasteiger partial charge >= 0.3 is 0 Å². The fourth-order valence-corrected chi connectivity index (χ4v) is 5.34. The molecule has 0 N–H and O–H groups in total. The second kappa shape index (κ2) is 11.3. The van der Waals surface area contributed by atoms with Crippen molar-refractivity contribution in [2.45, 2.75) is 39.7 Å². The Kier molecular flexibility index (Phi) is 8.19. The van der Waals surface area contributed by atoms with Gasteiger partial charge in [0.15, 0.2) is 5.76 Å². The van der Waals surface area contributed by atoms with Crippen LogP contribution in [0.5, 0.6) is 5.75 Å². The van der Waals surface area contributed by atoms with Crippen LogP contribution in [-0.2, 0) is 11.2 Å². The van der Waals surface area contributed by atoms with Gasteiger partial charge in [0, 0.05) is 23.0 Å². The number of rotatable bonds is 9. The number of halogens is 1. The molecule has 0 fully saturated rings. The maximum Gasteiger partial charge on any atom is 0.290 e. The molecular weight excluding hydrogens is 484 g/mol. The summed E-state index contributed by atoms with van der Waals surface area (Å²) in [6.45, 7) is 7.50. The van der Waals surface area contributed by atoms with Crippen LogP contribution in [0.2, 0.25) is 5.02 Å². The SMILES string of the molecule is CC[C@H](C)CN(CC(=O)N1CCc2sccc2[C@@H]1COc1ccc(Cl)c(C)c1)C(=O)c1ccco1. The lowest BCUT2D eigenvalue weighted by Crippen LogP contribution is -2.48. The predicted molar refractivity (Wildman–Crippen MR) is 138 cm³/mol. The Hall–Kier alpha value is -2.77. The Bertz CT molecular complexity index is 1160. The molecule has 4 rings (SSSR count). The molecule has 8 heteroatoms. The first-order valence-corrected chi connectivity index (χ1v) is 13.2. The van der Waals surface area contributed by atoms with Gasteiger partial charge in [0.25, 0.3) is 5.91 Å². The molecule has 1 aromatic carbocycles. The number of thiophene rings is 1. The lowest BCUT2D eigenvalue weighted by Gasteiger charge is -2.37. The smallest absolute Gasteiger partial charge is 0.290 e. The van der Waals surface area contributed by atoms with Crippen molar-refractivity contribution in [1.29, 1.82) is 0 Å². The highest BCUT2D eigenvalue weighted by molar-refractivity contribution is 7.10. The van der Waals surface area contributed by atoms with Gasteiger partial charge in [-0.3, -0.25) is 9.59 Å². The molecule has 0 spiro atoms. The van der Waals surface area contributed by atoms with E-state index in [4.69, 9.17) is 20.8 Å². The molecule has 2 aromatic heterocycles. The van der Waals surface area contributed by atoms with Crippen molar-refractivity contribution in [3.63, 3.8) is 0 Å². The molecule has 0 bridgehead atoms. The summed E-state index contributed by atoms with van der Waals surface area (Å²) in [6, 6.07) is 10.7. The van der Waals surface area contributed by atoms with E-state index in [1.165, 1.54) is 11.1 Å². The first kappa shape index (κ1) is 25.3. The molecule has 3 heterocycles. The van der Waals surface area contributed by atoms with Crippen LogP contribution in [0.4, 0.5) is 0 Å². The zero-order valence-corrected chi connectivity index (χ0v) is 21.9. The minimum absolute atomic E-state index is 0.000102. The second-order valence-electron chi connectivity index (χ2n) is 9.05. The van der Waals surface area contributed by atoms with E-state index in [0.29, 0.717) is 30.5 Å². The Balaban J connectivity index is 1.53. The third kappa shape index (κ3) is 5.90. The zero-order chi connectivity index (χ0) is 24.9. The first-order valence-electron chi connectivity index (χ1n) is 11.9. The van der Waals surface area contributed by atoms with E-state index < -0.39 is 0 Å². The van der Waals surface area contributed by atoms with E-state index in [9.17, 15) is 9.59 Å². The molecule has 0 saturated carbocycles. The van der Waals surface area contributed by atoms with Gasteiger partial charge in [-0.25, -0.2) is 0 Å². The largest absolute Gasteiger partial charge is 0.491 e. The fraction of sp³-hybridized carbons (Fsp3) is 0.407. The molecule has 2 amide bonds. The number of furan rings is 1. The topological polar surface area (TPSA) is 63.0 Å². The average molecular weight is 515 g/mol. The van der Waals surface area contributed by atoms with E-state index >= 15 is 0 Å². The Morgan fingerprint density at radius 1 is 1.31 bits per heavy atom. The van der Waals surface area contributed by atoms with Gasteiger partial charge in [-0.2, -0.15) is 0 Å². The molecule has 6 nitrogen and oxygen atoms in total. The highest BCUT2D eigenvalue weighted by Gasteiger charge is 2.34. The minimum atomic E-state index is -0.263. The van der Waals surface area contributed by atoms with Crippen LogP contribution in [0, 0.1) is 12.8 Å². The molecular formula is C27H31ClN2O4S. The van der Waals surface area contributed by atoms with Crippen molar-refractivity contribution in [3.8, 4) is 5.75 Å². The summed E-state index contributed by atoms with van der Waals surface area (Å²) in [4.78, 5) is 31.5. The maximum absolute atomic E-state index is 13.6. The van der Waals surface area contributed by atoms with Crippen molar-refractivity contribution in [2.75, 3.05) is 26.2 Å². The van der Waals surface area contributed by atoms with Crippen LogP contribution in [-0.4, -0.2) is 47.9 Å². The molecule has 3 aromatic rings. The lowest BCUT2D eigenvalue weighted by atomic mass is 10.00. The number of aryl methyl sites for hydroxylation is 1. The summed E-state index contributed by atoms with van der Waals surface area (Å²) in [5.41, 5.74) is 2.06.